The molecule has 0 fully saturated rings. The lowest BCUT2D eigenvalue weighted by atomic mass is 10.1. The molecule has 0 radical (unpaired) electrons. The van der Waals surface area contributed by atoms with Crippen LogP contribution in [0.15, 0.2) is 71.2 Å². The number of halogens is 1. The van der Waals surface area contributed by atoms with E-state index < -0.39 is 18.5 Å². The number of esters is 1. The first-order chi connectivity index (χ1) is 13.5. The Hall–Kier alpha value is -3.19. The number of amides is 2. The van der Waals surface area contributed by atoms with Gasteiger partial charge in [-0.1, -0.05) is 42.5 Å². The standard InChI is InChI=1S/C21H17BrN2O4/c22-17-7-3-4-8-18(17)24-19(25)12-23-20(26)13-28-21(27)16-10-9-14-5-1-2-6-15(14)11-16/h1-11H,12-13H2,(H,23,26)(H,24,25). The smallest absolute Gasteiger partial charge is 0.338 e. The third-order valence-corrected chi connectivity index (χ3v) is 4.61. The van der Waals surface area contributed by atoms with Gasteiger partial charge >= 0.3 is 5.97 Å². The van der Waals surface area contributed by atoms with E-state index in [9.17, 15) is 14.4 Å². The predicted octanol–water partition coefficient (Wildman–Crippen LogP) is 3.51. The summed E-state index contributed by atoms with van der Waals surface area (Å²) < 4.78 is 5.75. The number of fused-ring (bicyclic) bond motifs is 1. The van der Waals surface area contributed by atoms with Gasteiger partial charge in [-0.2, -0.15) is 0 Å². The predicted molar refractivity (Wildman–Crippen MR) is 110 cm³/mol. The molecule has 7 heteroatoms. The van der Waals surface area contributed by atoms with Gasteiger partial charge < -0.3 is 15.4 Å². The Morgan fingerprint density at radius 2 is 1.57 bits per heavy atom. The molecule has 2 amide bonds. The summed E-state index contributed by atoms with van der Waals surface area (Å²) in [5.41, 5.74) is 0.961. The number of ether oxygens (including phenoxy) is 1. The molecule has 0 saturated carbocycles. The molecule has 0 spiro atoms. The Morgan fingerprint density at radius 3 is 2.36 bits per heavy atom. The maximum atomic E-state index is 12.1. The number of para-hydroxylation sites is 1. The van der Waals surface area contributed by atoms with Gasteiger partial charge in [0.1, 0.15) is 0 Å². The second-order valence-corrected chi connectivity index (χ2v) is 6.80. The highest BCUT2D eigenvalue weighted by molar-refractivity contribution is 9.10. The molecule has 6 nitrogen and oxygen atoms in total. The van der Waals surface area contributed by atoms with Gasteiger partial charge in [-0.05, 0) is 51.0 Å². The molecule has 0 aliphatic heterocycles. The summed E-state index contributed by atoms with van der Waals surface area (Å²) in [6.07, 6.45) is 0. The Morgan fingerprint density at radius 1 is 0.857 bits per heavy atom. The van der Waals surface area contributed by atoms with Crippen LogP contribution in [-0.2, 0) is 14.3 Å². The summed E-state index contributed by atoms with van der Waals surface area (Å²) in [7, 11) is 0. The van der Waals surface area contributed by atoms with Crippen LogP contribution in [0.5, 0.6) is 0 Å². The van der Waals surface area contributed by atoms with Gasteiger partial charge in [0.25, 0.3) is 5.91 Å². The number of hydrogen-bond acceptors (Lipinski definition) is 4. The number of benzene rings is 3. The highest BCUT2D eigenvalue weighted by Gasteiger charge is 2.12. The second kappa shape index (κ2) is 9.14. The maximum absolute atomic E-state index is 12.1. The molecular formula is C21H17BrN2O4. The minimum atomic E-state index is -0.599. The summed E-state index contributed by atoms with van der Waals surface area (Å²) in [6, 6.07) is 19.9. The van der Waals surface area contributed by atoms with Crippen LogP contribution in [0, 0.1) is 0 Å². The lowest BCUT2D eigenvalue weighted by Crippen LogP contribution is -2.35. The van der Waals surface area contributed by atoms with Crippen molar-refractivity contribution in [3.8, 4) is 0 Å². The second-order valence-electron chi connectivity index (χ2n) is 5.94. The minimum Gasteiger partial charge on any atom is -0.452 e. The van der Waals surface area contributed by atoms with Gasteiger partial charge in [0, 0.05) is 4.47 Å². The van der Waals surface area contributed by atoms with Crippen LogP contribution in [0.2, 0.25) is 0 Å². The van der Waals surface area contributed by atoms with Crippen LogP contribution in [0.25, 0.3) is 10.8 Å². The third-order valence-electron chi connectivity index (χ3n) is 3.91. The number of carbonyl (C=O) groups excluding carboxylic acids is 3. The third kappa shape index (κ3) is 5.17. The molecule has 0 aromatic heterocycles. The summed E-state index contributed by atoms with van der Waals surface area (Å²) in [4.78, 5) is 35.9. The van der Waals surface area contributed by atoms with E-state index in [4.69, 9.17) is 4.74 Å². The molecule has 0 heterocycles. The number of hydrogen-bond donors (Lipinski definition) is 2. The van der Waals surface area contributed by atoms with Crippen LogP contribution < -0.4 is 10.6 Å². The fourth-order valence-electron chi connectivity index (χ4n) is 2.52. The van der Waals surface area contributed by atoms with Crippen LogP contribution in [0.4, 0.5) is 5.69 Å². The topological polar surface area (TPSA) is 84.5 Å². The van der Waals surface area contributed by atoms with Gasteiger partial charge in [-0.15, -0.1) is 0 Å². The van der Waals surface area contributed by atoms with Gasteiger partial charge in [0.2, 0.25) is 5.91 Å². The van der Waals surface area contributed by atoms with E-state index in [0.29, 0.717) is 11.3 Å². The molecule has 3 aromatic carbocycles. The maximum Gasteiger partial charge on any atom is 0.338 e. The van der Waals surface area contributed by atoms with Gasteiger partial charge in [0.15, 0.2) is 6.61 Å². The number of nitrogens with one attached hydrogen (secondary N) is 2. The van der Waals surface area contributed by atoms with E-state index in [-0.39, 0.29) is 12.5 Å². The fourth-order valence-corrected chi connectivity index (χ4v) is 2.90. The zero-order valence-corrected chi connectivity index (χ0v) is 16.4. The van der Waals surface area contributed by atoms with Crippen LogP contribution in [0.3, 0.4) is 0 Å². The van der Waals surface area contributed by atoms with Crippen molar-refractivity contribution >= 4 is 50.2 Å². The largest absolute Gasteiger partial charge is 0.452 e. The van der Waals surface area contributed by atoms with Crippen LogP contribution >= 0.6 is 15.9 Å². The highest BCUT2D eigenvalue weighted by Crippen LogP contribution is 2.20. The average Bonchev–Trinajstić information content (AvgIpc) is 2.71. The monoisotopic (exact) mass is 440 g/mol. The molecule has 0 unspecified atom stereocenters. The Balaban J connectivity index is 1.46. The molecule has 0 aliphatic rings. The lowest BCUT2D eigenvalue weighted by molar-refractivity contribution is -0.126. The van der Waals surface area contributed by atoms with Crippen molar-refractivity contribution < 1.29 is 19.1 Å². The SMILES string of the molecule is O=C(COC(=O)c1ccc2ccccc2c1)NCC(=O)Nc1ccccc1Br. The van der Waals surface area contributed by atoms with Crippen LogP contribution in [0.1, 0.15) is 10.4 Å². The van der Waals surface area contributed by atoms with E-state index in [1.54, 1.807) is 30.3 Å². The normalized spacial score (nSPS) is 10.3. The van der Waals surface area contributed by atoms with Crippen molar-refractivity contribution in [3.63, 3.8) is 0 Å². The Kier molecular flexibility index (Phi) is 6.39. The first kappa shape index (κ1) is 19.6. The molecule has 2 N–H and O–H groups in total. The molecule has 3 aromatic rings. The number of anilines is 1. The zero-order chi connectivity index (χ0) is 19.9. The Labute approximate surface area is 170 Å². The molecular weight excluding hydrogens is 424 g/mol. The molecule has 3 rings (SSSR count). The van der Waals surface area contributed by atoms with E-state index in [1.165, 1.54) is 0 Å². The summed E-state index contributed by atoms with van der Waals surface area (Å²) in [5, 5.41) is 6.99. The van der Waals surface area contributed by atoms with Crippen molar-refractivity contribution in [3.05, 3.63) is 76.8 Å². The molecule has 0 atom stereocenters. The summed E-state index contributed by atoms with van der Waals surface area (Å²) in [6.45, 7) is -0.693. The number of carbonyl (C=O) groups is 3. The first-order valence-corrected chi connectivity index (χ1v) is 9.29. The quantitative estimate of drug-likeness (QED) is 0.574. The molecule has 0 bridgehead atoms. The van der Waals surface area contributed by atoms with Gasteiger partial charge in [-0.25, -0.2) is 4.79 Å². The number of rotatable bonds is 6. The molecule has 0 aliphatic carbocycles. The highest BCUT2D eigenvalue weighted by atomic mass is 79.9. The van der Waals surface area contributed by atoms with Gasteiger partial charge in [-0.3, -0.25) is 9.59 Å². The molecule has 28 heavy (non-hydrogen) atoms. The molecule has 0 saturated heterocycles. The van der Waals surface area contributed by atoms with E-state index >= 15 is 0 Å². The lowest BCUT2D eigenvalue weighted by Gasteiger charge is -2.09. The van der Waals surface area contributed by atoms with E-state index in [2.05, 4.69) is 26.6 Å². The van der Waals surface area contributed by atoms with Crippen LogP contribution in [-0.4, -0.2) is 30.9 Å². The molecule has 142 valence electrons. The minimum absolute atomic E-state index is 0.228. The summed E-state index contributed by atoms with van der Waals surface area (Å²) in [5.74, 6) is -1.55. The fraction of sp³-hybridized carbons (Fsp3) is 0.0952. The van der Waals surface area contributed by atoms with E-state index in [0.717, 1.165) is 15.2 Å². The van der Waals surface area contributed by atoms with Crippen molar-refractivity contribution in [2.75, 3.05) is 18.5 Å². The average molecular weight is 441 g/mol. The summed E-state index contributed by atoms with van der Waals surface area (Å²) >= 11 is 3.32. The zero-order valence-electron chi connectivity index (χ0n) is 14.8. The van der Waals surface area contributed by atoms with Gasteiger partial charge in [0.05, 0.1) is 17.8 Å². The van der Waals surface area contributed by atoms with Crippen molar-refractivity contribution in [2.24, 2.45) is 0 Å². The van der Waals surface area contributed by atoms with Crippen molar-refractivity contribution in [1.29, 1.82) is 0 Å². The van der Waals surface area contributed by atoms with Crippen molar-refractivity contribution in [1.82, 2.24) is 5.32 Å². The Bertz CT molecular complexity index is 1040. The first-order valence-electron chi connectivity index (χ1n) is 8.50. The van der Waals surface area contributed by atoms with Crippen molar-refractivity contribution in [2.45, 2.75) is 0 Å². The van der Waals surface area contributed by atoms with E-state index in [1.807, 2.05) is 36.4 Å².